The summed E-state index contributed by atoms with van der Waals surface area (Å²) in [7, 11) is -0.481. The maximum atomic E-state index is 11.9. The number of unbranched alkanes of at least 4 members (excludes halogenated alkanes) is 3. The van der Waals surface area contributed by atoms with Crippen LogP contribution in [0, 0.1) is 0 Å². The first kappa shape index (κ1) is 18.5. The van der Waals surface area contributed by atoms with Crippen molar-refractivity contribution in [2.45, 2.75) is 37.3 Å². The number of hydrogen-bond acceptors (Lipinski definition) is 5. The van der Waals surface area contributed by atoms with Gasteiger partial charge in [0, 0.05) is 14.1 Å². The fourth-order valence-corrected chi connectivity index (χ4v) is 3.14. The molecule has 0 atom stereocenters. The summed E-state index contributed by atoms with van der Waals surface area (Å²) < 4.78 is 30.2. The van der Waals surface area contributed by atoms with Gasteiger partial charge in [0.2, 0.25) is 5.09 Å². The van der Waals surface area contributed by atoms with E-state index in [-0.39, 0.29) is 5.09 Å². The molecule has 0 saturated heterocycles. The molecule has 1 heterocycles. The Kier molecular flexibility index (Phi) is 8.39. The van der Waals surface area contributed by atoms with Crippen LogP contribution in [0.25, 0.3) is 0 Å². The summed E-state index contributed by atoms with van der Waals surface area (Å²) >= 11 is 1.89. The van der Waals surface area contributed by atoms with Gasteiger partial charge in [-0.15, -0.1) is 0 Å². The van der Waals surface area contributed by atoms with Crippen molar-refractivity contribution >= 4 is 21.8 Å². The molecular weight excluding hydrogens is 308 g/mol. The zero-order valence-electron chi connectivity index (χ0n) is 13.1. The van der Waals surface area contributed by atoms with Crippen molar-refractivity contribution in [2.75, 3.05) is 32.6 Å². The number of nitrogens with one attached hydrogen (secondary N) is 1. The van der Waals surface area contributed by atoms with Crippen LogP contribution in [0.2, 0.25) is 0 Å². The Bertz CT molecular complexity index is 498. The largest absolute Gasteiger partial charge is 0.447 e. The minimum absolute atomic E-state index is 0.00126. The van der Waals surface area contributed by atoms with Gasteiger partial charge in [-0.05, 0) is 43.5 Å². The molecule has 5 nitrogen and oxygen atoms in total. The molecule has 0 bridgehead atoms. The Hall–Kier alpha value is -0.500. The first-order chi connectivity index (χ1) is 9.98. The molecule has 0 spiro atoms. The van der Waals surface area contributed by atoms with E-state index in [2.05, 4.69) is 11.6 Å². The van der Waals surface area contributed by atoms with Crippen LogP contribution >= 0.6 is 11.8 Å². The molecular formula is C14H26N2O3S2. The number of thioether (sulfide) groups is 1. The van der Waals surface area contributed by atoms with Gasteiger partial charge in [0.05, 0.1) is 6.54 Å². The summed E-state index contributed by atoms with van der Waals surface area (Å²) in [6.45, 7) is 1.49. The van der Waals surface area contributed by atoms with Crippen LogP contribution in [0.5, 0.6) is 0 Å². The van der Waals surface area contributed by atoms with Gasteiger partial charge >= 0.3 is 0 Å². The molecule has 1 N–H and O–H groups in total. The van der Waals surface area contributed by atoms with E-state index in [1.807, 2.05) is 11.8 Å². The molecule has 1 aromatic heterocycles. The highest BCUT2D eigenvalue weighted by Gasteiger charge is 2.21. The highest BCUT2D eigenvalue weighted by Crippen LogP contribution is 2.16. The average Bonchev–Trinajstić information content (AvgIpc) is 2.91. The molecule has 0 aromatic carbocycles. The monoisotopic (exact) mass is 334 g/mol. The van der Waals surface area contributed by atoms with E-state index in [4.69, 9.17) is 4.42 Å². The molecule has 0 radical (unpaired) electrons. The van der Waals surface area contributed by atoms with E-state index in [9.17, 15) is 8.42 Å². The fourth-order valence-electron chi connectivity index (χ4n) is 1.83. The summed E-state index contributed by atoms with van der Waals surface area (Å²) in [5, 5.41) is 3.28. The normalized spacial score (nSPS) is 12.2. The Morgan fingerprint density at radius 3 is 2.57 bits per heavy atom. The Morgan fingerprint density at radius 2 is 1.90 bits per heavy atom. The fraction of sp³-hybridized carbons (Fsp3) is 0.714. The lowest BCUT2D eigenvalue weighted by Gasteiger charge is -2.08. The van der Waals surface area contributed by atoms with Crippen LogP contribution in [-0.2, 0) is 16.6 Å². The third kappa shape index (κ3) is 6.42. The second-order valence-corrected chi connectivity index (χ2v) is 8.16. The topological polar surface area (TPSA) is 62.6 Å². The van der Waals surface area contributed by atoms with Gasteiger partial charge in [0.1, 0.15) is 5.76 Å². The number of sulfonamides is 1. The molecule has 0 aliphatic carbocycles. The molecule has 1 aromatic rings. The lowest BCUT2D eigenvalue weighted by Crippen LogP contribution is -2.21. The summed E-state index contributed by atoms with van der Waals surface area (Å²) in [6.07, 6.45) is 7.05. The van der Waals surface area contributed by atoms with Gasteiger partial charge < -0.3 is 9.73 Å². The van der Waals surface area contributed by atoms with E-state index in [0.717, 1.165) is 17.3 Å². The lowest BCUT2D eigenvalue weighted by molar-refractivity contribution is 0.388. The minimum Gasteiger partial charge on any atom is -0.447 e. The maximum Gasteiger partial charge on any atom is 0.275 e. The lowest BCUT2D eigenvalue weighted by atomic mass is 10.2. The van der Waals surface area contributed by atoms with Crippen molar-refractivity contribution in [1.82, 2.24) is 9.62 Å². The van der Waals surface area contributed by atoms with E-state index < -0.39 is 10.0 Å². The summed E-state index contributed by atoms with van der Waals surface area (Å²) in [4.78, 5) is 0. The minimum atomic E-state index is -3.47. The maximum absolute atomic E-state index is 11.9. The molecule has 0 unspecified atom stereocenters. The van der Waals surface area contributed by atoms with Crippen molar-refractivity contribution in [3.8, 4) is 0 Å². The van der Waals surface area contributed by atoms with Gasteiger partial charge in [0.25, 0.3) is 10.0 Å². The quantitative estimate of drug-likeness (QED) is 0.630. The summed E-state index contributed by atoms with van der Waals surface area (Å²) in [6, 6.07) is 3.22. The third-order valence-electron chi connectivity index (χ3n) is 3.12. The standard InChI is InChI=1S/C14H26N2O3S2/c1-16(2)21(17,18)14-9-8-13(19-14)12-15-10-6-4-5-7-11-20-3/h8-9,15H,4-7,10-12H2,1-3H3. The average molecular weight is 335 g/mol. The van der Waals surface area contributed by atoms with E-state index in [1.165, 1.54) is 45.2 Å². The third-order valence-corrected chi connectivity index (χ3v) is 5.51. The Labute approximate surface area is 132 Å². The molecule has 21 heavy (non-hydrogen) atoms. The number of nitrogens with zero attached hydrogens (tertiary/aromatic N) is 1. The number of hydrogen-bond donors (Lipinski definition) is 1. The molecule has 0 aliphatic rings. The summed E-state index contributed by atoms with van der Waals surface area (Å²) in [5.41, 5.74) is 0. The zero-order chi connectivity index (χ0) is 15.7. The number of furan rings is 1. The van der Waals surface area contributed by atoms with Crippen molar-refractivity contribution in [3.63, 3.8) is 0 Å². The second-order valence-electron chi connectivity index (χ2n) is 5.09. The molecule has 0 fully saturated rings. The number of rotatable bonds is 11. The molecule has 122 valence electrons. The van der Waals surface area contributed by atoms with Crippen molar-refractivity contribution in [2.24, 2.45) is 0 Å². The molecule has 7 heteroatoms. The van der Waals surface area contributed by atoms with Gasteiger partial charge in [-0.3, -0.25) is 0 Å². The summed E-state index contributed by atoms with van der Waals surface area (Å²) in [5.74, 6) is 1.89. The first-order valence-corrected chi connectivity index (χ1v) is 10.0. The smallest absolute Gasteiger partial charge is 0.275 e. The van der Waals surface area contributed by atoms with Crippen LogP contribution in [0.1, 0.15) is 31.4 Å². The molecule has 0 saturated carbocycles. The predicted octanol–water partition coefficient (Wildman–Crippen LogP) is 2.54. The first-order valence-electron chi connectivity index (χ1n) is 7.19. The van der Waals surface area contributed by atoms with Crippen LogP contribution in [0.15, 0.2) is 21.6 Å². The van der Waals surface area contributed by atoms with Gasteiger partial charge in [0.15, 0.2) is 0 Å². The van der Waals surface area contributed by atoms with Crippen LogP contribution < -0.4 is 5.32 Å². The highest BCUT2D eigenvalue weighted by atomic mass is 32.2. The Morgan fingerprint density at radius 1 is 1.19 bits per heavy atom. The van der Waals surface area contributed by atoms with Crippen LogP contribution in [-0.4, -0.2) is 45.4 Å². The van der Waals surface area contributed by atoms with Crippen molar-refractivity contribution in [3.05, 3.63) is 17.9 Å². The second kappa shape index (κ2) is 9.50. The van der Waals surface area contributed by atoms with E-state index in [0.29, 0.717) is 12.3 Å². The van der Waals surface area contributed by atoms with Gasteiger partial charge in [-0.25, -0.2) is 12.7 Å². The SMILES string of the molecule is CSCCCCCCNCc1ccc(S(=O)(=O)N(C)C)o1. The molecule has 1 rings (SSSR count). The Balaban J connectivity index is 2.24. The van der Waals surface area contributed by atoms with Crippen LogP contribution in [0.3, 0.4) is 0 Å². The molecule has 0 aliphatic heterocycles. The zero-order valence-corrected chi connectivity index (χ0v) is 14.7. The van der Waals surface area contributed by atoms with E-state index >= 15 is 0 Å². The van der Waals surface area contributed by atoms with Crippen molar-refractivity contribution in [1.29, 1.82) is 0 Å². The van der Waals surface area contributed by atoms with E-state index in [1.54, 1.807) is 6.07 Å². The van der Waals surface area contributed by atoms with Crippen LogP contribution in [0.4, 0.5) is 0 Å². The van der Waals surface area contributed by atoms with Crippen molar-refractivity contribution < 1.29 is 12.8 Å². The molecule has 0 amide bonds. The van der Waals surface area contributed by atoms with Gasteiger partial charge in [-0.2, -0.15) is 11.8 Å². The van der Waals surface area contributed by atoms with Gasteiger partial charge in [-0.1, -0.05) is 12.8 Å². The predicted molar refractivity (Wildman–Crippen MR) is 88.1 cm³/mol. The highest BCUT2D eigenvalue weighted by molar-refractivity contribution is 7.98.